The fourth-order valence-electron chi connectivity index (χ4n) is 3.28. The molecule has 0 heterocycles. The summed E-state index contributed by atoms with van der Waals surface area (Å²) in [5, 5.41) is 12.1. The SMILES string of the molecule is COc1cc(C)c(NC(=O)C2CCC(C(=O)O)CC2)c(C)c1C. The number of hydrogen-bond donors (Lipinski definition) is 2. The maximum atomic E-state index is 12.5. The van der Waals surface area contributed by atoms with Crippen molar-refractivity contribution in [2.75, 3.05) is 12.4 Å². The van der Waals surface area contributed by atoms with Crippen molar-refractivity contribution in [2.45, 2.75) is 46.5 Å². The van der Waals surface area contributed by atoms with Crippen LogP contribution in [-0.4, -0.2) is 24.1 Å². The van der Waals surface area contributed by atoms with Gasteiger partial charge in [-0.2, -0.15) is 0 Å². The van der Waals surface area contributed by atoms with E-state index in [2.05, 4.69) is 5.32 Å². The average molecular weight is 319 g/mol. The summed E-state index contributed by atoms with van der Waals surface area (Å²) in [7, 11) is 1.64. The van der Waals surface area contributed by atoms with E-state index < -0.39 is 5.97 Å². The molecular weight excluding hydrogens is 294 g/mol. The first-order chi connectivity index (χ1) is 10.8. The number of benzene rings is 1. The minimum absolute atomic E-state index is 0.00962. The van der Waals surface area contributed by atoms with Crippen molar-refractivity contribution in [2.24, 2.45) is 11.8 Å². The van der Waals surface area contributed by atoms with Crippen LogP contribution >= 0.6 is 0 Å². The molecule has 0 bridgehead atoms. The van der Waals surface area contributed by atoms with Crippen LogP contribution in [0.25, 0.3) is 0 Å². The number of carboxylic acid groups (broad SMARTS) is 1. The van der Waals surface area contributed by atoms with Gasteiger partial charge in [0.15, 0.2) is 0 Å². The molecule has 1 aliphatic carbocycles. The molecule has 0 atom stereocenters. The van der Waals surface area contributed by atoms with E-state index in [0.29, 0.717) is 25.7 Å². The summed E-state index contributed by atoms with van der Waals surface area (Å²) >= 11 is 0. The molecule has 2 N–H and O–H groups in total. The van der Waals surface area contributed by atoms with E-state index in [4.69, 9.17) is 9.84 Å². The molecule has 5 nitrogen and oxygen atoms in total. The molecule has 0 aromatic heterocycles. The van der Waals surface area contributed by atoms with E-state index in [1.165, 1.54) is 0 Å². The van der Waals surface area contributed by atoms with Crippen molar-refractivity contribution >= 4 is 17.6 Å². The molecule has 1 aromatic carbocycles. The topological polar surface area (TPSA) is 75.6 Å². The molecule has 1 fully saturated rings. The molecule has 0 aliphatic heterocycles. The first kappa shape index (κ1) is 17.3. The zero-order valence-electron chi connectivity index (χ0n) is 14.2. The van der Waals surface area contributed by atoms with Gasteiger partial charge in [-0.05, 0) is 69.2 Å². The Morgan fingerprint density at radius 1 is 1.09 bits per heavy atom. The first-order valence-electron chi connectivity index (χ1n) is 8.03. The molecule has 0 spiro atoms. The Bertz CT molecular complexity index is 616. The quantitative estimate of drug-likeness (QED) is 0.891. The van der Waals surface area contributed by atoms with Crippen LogP contribution in [0.4, 0.5) is 5.69 Å². The van der Waals surface area contributed by atoms with E-state index in [1.54, 1.807) is 7.11 Å². The molecule has 126 valence electrons. The van der Waals surface area contributed by atoms with E-state index in [1.807, 2.05) is 26.8 Å². The molecule has 0 unspecified atom stereocenters. The molecular formula is C18H25NO4. The summed E-state index contributed by atoms with van der Waals surface area (Å²) < 4.78 is 5.35. The highest BCUT2D eigenvalue weighted by Gasteiger charge is 2.30. The van der Waals surface area contributed by atoms with Gasteiger partial charge in [0.1, 0.15) is 5.75 Å². The standard InChI is InChI=1S/C18H25NO4/c1-10-9-15(23-4)11(2)12(3)16(10)19-17(20)13-5-7-14(8-6-13)18(21)22/h9,13-14H,5-8H2,1-4H3,(H,19,20)(H,21,22). The lowest BCUT2D eigenvalue weighted by atomic mass is 9.81. The Labute approximate surface area is 137 Å². The molecule has 0 radical (unpaired) electrons. The molecule has 1 amide bonds. The number of anilines is 1. The Morgan fingerprint density at radius 2 is 1.65 bits per heavy atom. The van der Waals surface area contributed by atoms with Gasteiger partial charge in [0, 0.05) is 11.6 Å². The fraction of sp³-hybridized carbons (Fsp3) is 0.556. The number of carbonyl (C=O) groups excluding carboxylic acids is 1. The number of methoxy groups -OCH3 is 1. The van der Waals surface area contributed by atoms with Crippen molar-refractivity contribution < 1.29 is 19.4 Å². The highest BCUT2D eigenvalue weighted by Crippen LogP contribution is 2.33. The molecule has 1 aliphatic rings. The van der Waals surface area contributed by atoms with E-state index >= 15 is 0 Å². The third kappa shape index (κ3) is 3.66. The van der Waals surface area contributed by atoms with E-state index in [0.717, 1.165) is 28.1 Å². The summed E-state index contributed by atoms with van der Waals surface area (Å²) in [6, 6.07) is 1.93. The molecule has 1 saturated carbocycles. The summed E-state index contributed by atoms with van der Waals surface area (Å²) in [5.74, 6) is -0.344. The van der Waals surface area contributed by atoms with Crippen molar-refractivity contribution in [1.29, 1.82) is 0 Å². The zero-order valence-corrected chi connectivity index (χ0v) is 14.2. The number of amides is 1. The van der Waals surface area contributed by atoms with Crippen molar-refractivity contribution in [3.63, 3.8) is 0 Å². The summed E-state index contributed by atoms with van der Waals surface area (Å²) in [4.78, 5) is 23.5. The summed E-state index contributed by atoms with van der Waals surface area (Å²) in [6.45, 7) is 5.90. The van der Waals surface area contributed by atoms with Crippen LogP contribution in [-0.2, 0) is 9.59 Å². The molecule has 23 heavy (non-hydrogen) atoms. The summed E-state index contributed by atoms with van der Waals surface area (Å²) in [6.07, 6.45) is 2.42. The lowest BCUT2D eigenvalue weighted by molar-refractivity contribution is -0.143. The highest BCUT2D eigenvalue weighted by atomic mass is 16.5. The predicted octanol–water partition coefficient (Wildman–Crippen LogP) is 3.45. The average Bonchev–Trinajstić information content (AvgIpc) is 2.54. The van der Waals surface area contributed by atoms with Crippen LogP contribution in [0.1, 0.15) is 42.4 Å². The molecule has 2 rings (SSSR count). The van der Waals surface area contributed by atoms with Crippen LogP contribution in [0.5, 0.6) is 5.75 Å². The van der Waals surface area contributed by atoms with Crippen LogP contribution < -0.4 is 10.1 Å². The number of aliphatic carboxylic acids is 1. The largest absolute Gasteiger partial charge is 0.496 e. The highest BCUT2D eigenvalue weighted by molar-refractivity contribution is 5.94. The van der Waals surface area contributed by atoms with Gasteiger partial charge in [-0.25, -0.2) is 0 Å². The van der Waals surface area contributed by atoms with Crippen molar-refractivity contribution in [3.8, 4) is 5.75 Å². The maximum Gasteiger partial charge on any atom is 0.306 e. The second-order valence-electron chi connectivity index (χ2n) is 6.40. The van der Waals surface area contributed by atoms with Crippen LogP contribution in [0.15, 0.2) is 6.07 Å². The normalized spacial score (nSPS) is 20.9. The van der Waals surface area contributed by atoms with Crippen molar-refractivity contribution in [1.82, 2.24) is 0 Å². The zero-order chi connectivity index (χ0) is 17.1. The van der Waals surface area contributed by atoms with Crippen LogP contribution in [0.3, 0.4) is 0 Å². The number of hydrogen-bond acceptors (Lipinski definition) is 3. The predicted molar refractivity (Wildman–Crippen MR) is 88.9 cm³/mol. The van der Waals surface area contributed by atoms with Gasteiger partial charge in [-0.3, -0.25) is 9.59 Å². The number of nitrogens with one attached hydrogen (secondary N) is 1. The second kappa shape index (κ2) is 7.02. The van der Waals surface area contributed by atoms with Gasteiger partial charge in [0.25, 0.3) is 0 Å². The molecule has 0 saturated heterocycles. The van der Waals surface area contributed by atoms with Crippen LogP contribution in [0.2, 0.25) is 0 Å². The molecule has 1 aromatic rings. The minimum Gasteiger partial charge on any atom is -0.496 e. The lowest BCUT2D eigenvalue weighted by Gasteiger charge is -2.26. The third-order valence-electron chi connectivity index (χ3n) is 4.96. The Morgan fingerprint density at radius 3 is 2.17 bits per heavy atom. The molecule has 5 heteroatoms. The van der Waals surface area contributed by atoms with Gasteiger partial charge < -0.3 is 15.2 Å². The number of aryl methyl sites for hydroxylation is 1. The fourth-order valence-corrected chi connectivity index (χ4v) is 3.28. The number of carboxylic acids is 1. The Kier molecular flexibility index (Phi) is 5.29. The van der Waals surface area contributed by atoms with Gasteiger partial charge >= 0.3 is 5.97 Å². The third-order valence-corrected chi connectivity index (χ3v) is 4.96. The van der Waals surface area contributed by atoms with Crippen LogP contribution in [0, 0.1) is 32.6 Å². The Hall–Kier alpha value is -2.04. The van der Waals surface area contributed by atoms with Gasteiger partial charge in [-0.1, -0.05) is 0 Å². The minimum atomic E-state index is -0.749. The first-order valence-corrected chi connectivity index (χ1v) is 8.03. The lowest BCUT2D eigenvalue weighted by Crippen LogP contribution is -2.30. The van der Waals surface area contributed by atoms with Gasteiger partial charge in [-0.15, -0.1) is 0 Å². The summed E-state index contributed by atoms with van der Waals surface area (Å²) in [5.41, 5.74) is 3.84. The second-order valence-corrected chi connectivity index (χ2v) is 6.40. The van der Waals surface area contributed by atoms with E-state index in [9.17, 15) is 9.59 Å². The van der Waals surface area contributed by atoms with Gasteiger partial charge in [0.05, 0.1) is 13.0 Å². The number of ether oxygens (including phenoxy) is 1. The number of carbonyl (C=O) groups is 2. The van der Waals surface area contributed by atoms with Crippen molar-refractivity contribution in [3.05, 3.63) is 22.8 Å². The number of rotatable bonds is 4. The smallest absolute Gasteiger partial charge is 0.306 e. The van der Waals surface area contributed by atoms with E-state index in [-0.39, 0.29) is 17.7 Å². The monoisotopic (exact) mass is 319 g/mol. The maximum absolute atomic E-state index is 12.5. The Balaban J connectivity index is 2.10. The van der Waals surface area contributed by atoms with Gasteiger partial charge in [0.2, 0.25) is 5.91 Å².